The van der Waals surface area contributed by atoms with Crippen molar-refractivity contribution < 1.29 is 9.21 Å². The summed E-state index contributed by atoms with van der Waals surface area (Å²) in [7, 11) is 0. The van der Waals surface area contributed by atoms with Crippen LogP contribution in [0, 0.1) is 6.92 Å². The Labute approximate surface area is 193 Å². The van der Waals surface area contributed by atoms with Crippen molar-refractivity contribution in [3.8, 4) is 0 Å². The van der Waals surface area contributed by atoms with Crippen LogP contribution in [-0.4, -0.2) is 31.0 Å². The largest absolute Gasteiger partial charge is 0.467 e. The van der Waals surface area contributed by atoms with E-state index in [9.17, 15) is 9.59 Å². The minimum atomic E-state index is -0.212. The second-order valence-corrected chi connectivity index (χ2v) is 8.47. The first-order valence-corrected chi connectivity index (χ1v) is 11.5. The van der Waals surface area contributed by atoms with Crippen molar-refractivity contribution in [2.45, 2.75) is 38.6 Å². The first kappa shape index (κ1) is 22.2. The number of aryl methyl sites for hydroxylation is 2. The van der Waals surface area contributed by atoms with Gasteiger partial charge in [-0.2, -0.15) is 5.10 Å². The zero-order chi connectivity index (χ0) is 22.7. The number of rotatable bonds is 8. The summed E-state index contributed by atoms with van der Waals surface area (Å²) in [5.74, 6) is 0.578. The molecule has 0 radical (unpaired) electrons. The van der Waals surface area contributed by atoms with Gasteiger partial charge in [-0.25, -0.2) is 4.98 Å². The number of carbonyl (C=O) groups is 1. The van der Waals surface area contributed by atoms with Gasteiger partial charge in [0.15, 0.2) is 10.7 Å². The lowest BCUT2D eigenvalue weighted by Gasteiger charge is -2.13. The molecule has 1 aromatic carbocycles. The smallest absolute Gasteiger partial charge is 0.280 e. The van der Waals surface area contributed by atoms with Crippen molar-refractivity contribution in [1.29, 1.82) is 0 Å². The van der Waals surface area contributed by atoms with E-state index in [0.29, 0.717) is 45.8 Å². The molecular weight excluding hydrogens is 450 g/mol. The molecule has 3 aromatic heterocycles. The van der Waals surface area contributed by atoms with Crippen LogP contribution in [0.25, 0.3) is 11.0 Å². The van der Waals surface area contributed by atoms with Crippen molar-refractivity contribution in [3.63, 3.8) is 0 Å². The van der Waals surface area contributed by atoms with Crippen LogP contribution in [0.1, 0.15) is 23.9 Å². The van der Waals surface area contributed by atoms with Crippen molar-refractivity contribution in [2.75, 3.05) is 5.75 Å². The molecule has 0 saturated heterocycles. The molecule has 3 heterocycles. The quantitative estimate of drug-likeness (QED) is 0.311. The van der Waals surface area contributed by atoms with Crippen LogP contribution in [0.15, 0.2) is 57.0 Å². The number of nitrogens with one attached hydrogen (secondary N) is 1. The van der Waals surface area contributed by atoms with E-state index < -0.39 is 0 Å². The van der Waals surface area contributed by atoms with E-state index in [1.807, 2.05) is 32.0 Å². The van der Waals surface area contributed by atoms with E-state index >= 15 is 0 Å². The summed E-state index contributed by atoms with van der Waals surface area (Å²) in [6.07, 6.45) is 1.56. The van der Waals surface area contributed by atoms with E-state index in [-0.39, 0.29) is 23.8 Å². The van der Waals surface area contributed by atoms with Gasteiger partial charge in [-0.15, -0.1) is 0 Å². The maximum atomic E-state index is 13.5. The number of fused-ring (bicyclic) bond motifs is 1. The van der Waals surface area contributed by atoms with Gasteiger partial charge in [-0.3, -0.25) is 18.8 Å². The predicted molar refractivity (Wildman–Crippen MR) is 124 cm³/mol. The Bertz CT molecular complexity index is 1310. The number of hydrogen-bond donors (Lipinski definition) is 1. The standard InChI is InChI=1S/C22H22ClN5O3S/c1-3-28-20-19(14(2)26-28)25-22(32-13-18(29)24-11-16-8-6-10-31-16)27(21(20)30)12-15-7-4-5-9-17(15)23/h4-10H,3,11-13H2,1-2H3,(H,24,29). The number of furan rings is 1. The summed E-state index contributed by atoms with van der Waals surface area (Å²) >= 11 is 7.55. The Morgan fingerprint density at radius 2 is 2.06 bits per heavy atom. The number of aromatic nitrogens is 4. The summed E-state index contributed by atoms with van der Waals surface area (Å²) in [6.45, 7) is 4.84. The first-order valence-electron chi connectivity index (χ1n) is 10.1. The Hall–Kier alpha value is -3.04. The lowest BCUT2D eigenvalue weighted by atomic mass is 10.2. The maximum Gasteiger partial charge on any atom is 0.280 e. The number of amides is 1. The fourth-order valence-corrected chi connectivity index (χ4v) is 4.36. The molecule has 0 saturated carbocycles. The average Bonchev–Trinajstić information content (AvgIpc) is 3.42. The number of hydrogen-bond acceptors (Lipinski definition) is 6. The van der Waals surface area contributed by atoms with Crippen LogP contribution in [0.3, 0.4) is 0 Å². The van der Waals surface area contributed by atoms with Gasteiger partial charge in [0.1, 0.15) is 11.3 Å². The van der Waals surface area contributed by atoms with Crippen molar-refractivity contribution in [3.05, 3.63) is 75.1 Å². The Kier molecular flexibility index (Phi) is 6.66. The fourth-order valence-electron chi connectivity index (χ4n) is 3.34. The van der Waals surface area contributed by atoms with Crippen LogP contribution in [-0.2, 0) is 24.4 Å². The predicted octanol–water partition coefficient (Wildman–Crippen LogP) is 3.62. The molecule has 1 N–H and O–H groups in total. The highest BCUT2D eigenvalue weighted by Gasteiger charge is 2.19. The van der Waals surface area contributed by atoms with Crippen LogP contribution in [0.2, 0.25) is 5.02 Å². The highest BCUT2D eigenvalue weighted by Crippen LogP contribution is 2.23. The Morgan fingerprint density at radius 1 is 1.25 bits per heavy atom. The second-order valence-electron chi connectivity index (χ2n) is 7.12. The van der Waals surface area contributed by atoms with Gasteiger partial charge < -0.3 is 9.73 Å². The molecule has 4 aromatic rings. The molecule has 0 bridgehead atoms. The molecule has 0 spiro atoms. The second kappa shape index (κ2) is 9.62. The van der Waals surface area contributed by atoms with Crippen LogP contribution < -0.4 is 10.9 Å². The molecular formula is C22H22ClN5O3S. The molecule has 0 aliphatic carbocycles. The van der Waals surface area contributed by atoms with Crippen LogP contribution in [0.5, 0.6) is 0 Å². The minimum Gasteiger partial charge on any atom is -0.467 e. The highest BCUT2D eigenvalue weighted by molar-refractivity contribution is 7.99. The third kappa shape index (κ3) is 4.58. The number of nitrogens with zero attached hydrogens (tertiary/aromatic N) is 4. The van der Waals surface area contributed by atoms with Crippen molar-refractivity contribution in [1.82, 2.24) is 24.6 Å². The molecule has 0 atom stereocenters. The SMILES string of the molecule is CCn1nc(C)c2nc(SCC(=O)NCc3ccco3)n(Cc3ccccc3Cl)c(=O)c21. The molecule has 0 unspecified atom stereocenters. The highest BCUT2D eigenvalue weighted by atomic mass is 35.5. The summed E-state index contributed by atoms with van der Waals surface area (Å²) in [5, 5.41) is 8.25. The summed E-state index contributed by atoms with van der Waals surface area (Å²) < 4.78 is 8.45. The van der Waals surface area contributed by atoms with E-state index in [4.69, 9.17) is 21.0 Å². The summed E-state index contributed by atoms with van der Waals surface area (Å²) in [4.78, 5) is 30.6. The number of thioether (sulfide) groups is 1. The van der Waals surface area contributed by atoms with Gasteiger partial charge >= 0.3 is 0 Å². The average molecular weight is 472 g/mol. The summed E-state index contributed by atoms with van der Waals surface area (Å²) in [6, 6.07) is 10.9. The minimum absolute atomic E-state index is 0.0993. The molecule has 10 heteroatoms. The van der Waals surface area contributed by atoms with E-state index in [2.05, 4.69) is 10.4 Å². The van der Waals surface area contributed by atoms with Crippen molar-refractivity contribution in [2.24, 2.45) is 0 Å². The lowest BCUT2D eigenvalue weighted by Crippen LogP contribution is -2.28. The lowest BCUT2D eigenvalue weighted by molar-refractivity contribution is -0.118. The van der Waals surface area contributed by atoms with Gasteiger partial charge in [0.05, 0.1) is 30.8 Å². The van der Waals surface area contributed by atoms with E-state index in [0.717, 1.165) is 5.56 Å². The van der Waals surface area contributed by atoms with Crippen LogP contribution in [0.4, 0.5) is 0 Å². The Balaban J connectivity index is 1.66. The molecule has 8 nitrogen and oxygen atoms in total. The van der Waals surface area contributed by atoms with Gasteiger partial charge in [0, 0.05) is 11.6 Å². The molecule has 166 valence electrons. The van der Waals surface area contributed by atoms with Gasteiger partial charge in [-0.1, -0.05) is 41.6 Å². The zero-order valence-corrected chi connectivity index (χ0v) is 19.2. The molecule has 0 aliphatic heterocycles. The fraction of sp³-hybridized carbons (Fsp3) is 0.273. The Morgan fingerprint density at radius 3 is 2.78 bits per heavy atom. The monoisotopic (exact) mass is 471 g/mol. The first-order chi connectivity index (χ1) is 15.5. The van der Waals surface area contributed by atoms with Gasteiger partial charge in [0.25, 0.3) is 5.56 Å². The third-order valence-electron chi connectivity index (χ3n) is 4.94. The maximum absolute atomic E-state index is 13.5. The molecule has 0 fully saturated rings. The van der Waals surface area contributed by atoms with Crippen molar-refractivity contribution >= 4 is 40.3 Å². The number of halogens is 1. The topological polar surface area (TPSA) is 94.9 Å². The van der Waals surface area contributed by atoms with Gasteiger partial charge in [-0.05, 0) is 37.6 Å². The number of benzene rings is 1. The summed E-state index contributed by atoms with van der Waals surface area (Å²) in [5.41, 5.74) is 2.25. The van der Waals surface area contributed by atoms with E-state index in [1.165, 1.54) is 11.8 Å². The third-order valence-corrected chi connectivity index (χ3v) is 6.29. The van der Waals surface area contributed by atoms with E-state index in [1.54, 1.807) is 33.7 Å². The normalized spacial score (nSPS) is 11.2. The molecule has 1 amide bonds. The molecule has 32 heavy (non-hydrogen) atoms. The number of carbonyl (C=O) groups excluding carboxylic acids is 1. The molecule has 0 aliphatic rings. The van der Waals surface area contributed by atoms with Crippen LogP contribution >= 0.6 is 23.4 Å². The molecule has 4 rings (SSSR count). The van der Waals surface area contributed by atoms with Gasteiger partial charge in [0.2, 0.25) is 5.91 Å². The zero-order valence-electron chi connectivity index (χ0n) is 17.7.